The third kappa shape index (κ3) is 11.9. The summed E-state index contributed by atoms with van der Waals surface area (Å²) in [5.74, 6) is -0.808. The van der Waals surface area contributed by atoms with E-state index in [0.717, 1.165) is 12.8 Å². The zero-order chi connectivity index (χ0) is 15.4. The highest BCUT2D eigenvalue weighted by Gasteiger charge is 2.05. The molecule has 0 bridgehead atoms. The Balaban J connectivity index is 3.39. The van der Waals surface area contributed by atoms with Crippen molar-refractivity contribution in [3.8, 4) is 0 Å². The Hall–Kier alpha value is -1.13. The van der Waals surface area contributed by atoms with E-state index in [1.807, 2.05) is 0 Å². The van der Waals surface area contributed by atoms with Crippen molar-refractivity contribution in [3.05, 3.63) is 12.2 Å². The lowest BCUT2D eigenvalue weighted by atomic mass is 10.2. The van der Waals surface area contributed by atoms with Crippen molar-refractivity contribution in [1.29, 1.82) is 0 Å². The smallest absolute Gasteiger partial charge is 0.333 e. The maximum Gasteiger partial charge on any atom is 0.333 e. The first-order valence-electron chi connectivity index (χ1n) is 6.55. The second-order valence-electron chi connectivity index (χ2n) is 4.29. The van der Waals surface area contributed by atoms with E-state index in [4.69, 9.17) is 14.0 Å². The summed E-state index contributed by atoms with van der Waals surface area (Å²) in [7, 11) is -1.85. The predicted molar refractivity (Wildman–Crippen MR) is 76.1 cm³/mol. The Bertz CT molecular complexity index is 353. The maximum absolute atomic E-state index is 11.3. The molecule has 0 saturated heterocycles. The molecule has 0 saturated carbocycles. The fraction of sp³-hybridized carbons (Fsp3) is 0.692. The van der Waals surface area contributed by atoms with Crippen molar-refractivity contribution in [1.82, 2.24) is 0 Å². The molecule has 0 radical (unpaired) electrons. The topological polar surface area (TPSA) is 78.9 Å². The van der Waals surface area contributed by atoms with Crippen LogP contribution in [-0.2, 0) is 28.2 Å². The fourth-order valence-electron chi connectivity index (χ4n) is 1.25. The Morgan fingerprint density at radius 3 is 2.30 bits per heavy atom. The van der Waals surface area contributed by atoms with Gasteiger partial charge in [0.15, 0.2) is 8.03 Å². The van der Waals surface area contributed by atoms with Crippen LogP contribution in [0.1, 0.15) is 32.6 Å². The van der Waals surface area contributed by atoms with Gasteiger partial charge < -0.3 is 14.0 Å². The summed E-state index contributed by atoms with van der Waals surface area (Å²) in [6.07, 6.45) is 2.59. The molecule has 0 aromatic heterocycles. The highest BCUT2D eigenvalue weighted by Crippen LogP contribution is 2.15. The molecule has 0 aliphatic rings. The lowest BCUT2D eigenvalue weighted by Gasteiger charge is -2.06. The van der Waals surface area contributed by atoms with E-state index in [-0.39, 0.29) is 19.2 Å². The highest BCUT2D eigenvalue weighted by atomic mass is 31.1. The van der Waals surface area contributed by atoms with E-state index in [9.17, 15) is 14.2 Å². The van der Waals surface area contributed by atoms with Crippen LogP contribution in [0.2, 0.25) is 0 Å². The Morgan fingerprint density at radius 1 is 1.05 bits per heavy atom. The summed E-state index contributed by atoms with van der Waals surface area (Å²) in [5.41, 5.74) is 0.313. The Labute approximate surface area is 120 Å². The van der Waals surface area contributed by atoms with Gasteiger partial charge in [-0.05, 0) is 19.8 Å². The minimum absolute atomic E-state index is 0.0378. The molecule has 0 aromatic rings. The van der Waals surface area contributed by atoms with E-state index in [0.29, 0.717) is 25.0 Å². The lowest BCUT2D eigenvalue weighted by Crippen LogP contribution is -2.14. The van der Waals surface area contributed by atoms with Gasteiger partial charge in [-0.3, -0.25) is 9.36 Å². The second-order valence-corrected chi connectivity index (χ2v) is 5.56. The molecular weight excluding hydrogens is 283 g/mol. The van der Waals surface area contributed by atoms with Gasteiger partial charge in [0.2, 0.25) is 0 Å². The van der Waals surface area contributed by atoms with E-state index >= 15 is 0 Å². The van der Waals surface area contributed by atoms with Crippen LogP contribution in [0, 0.1) is 0 Å². The van der Waals surface area contributed by atoms with Crippen LogP contribution >= 0.6 is 8.03 Å². The monoisotopic (exact) mass is 306 g/mol. The van der Waals surface area contributed by atoms with E-state index in [2.05, 4.69) is 6.58 Å². The summed E-state index contributed by atoms with van der Waals surface area (Å²) >= 11 is 0. The summed E-state index contributed by atoms with van der Waals surface area (Å²) in [4.78, 5) is 22.3. The zero-order valence-corrected chi connectivity index (χ0v) is 13.1. The predicted octanol–water partition coefficient (Wildman–Crippen LogP) is 2.33. The van der Waals surface area contributed by atoms with Crippen molar-refractivity contribution in [2.75, 3.05) is 26.5 Å². The molecule has 0 amide bonds. The van der Waals surface area contributed by atoms with E-state index in [1.54, 1.807) is 13.6 Å². The van der Waals surface area contributed by atoms with Gasteiger partial charge in [0.05, 0.1) is 6.61 Å². The molecule has 1 atom stereocenters. The van der Waals surface area contributed by atoms with E-state index in [1.165, 1.54) is 0 Å². The molecule has 0 aliphatic carbocycles. The molecule has 0 aliphatic heterocycles. The van der Waals surface area contributed by atoms with Crippen LogP contribution in [0.5, 0.6) is 0 Å². The van der Waals surface area contributed by atoms with Gasteiger partial charge in [0.25, 0.3) is 0 Å². The number of rotatable bonds is 11. The number of carbonyl (C=O) groups excluding carboxylic acids is 2. The molecule has 7 heteroatoms. The van der Waals surface area contributed by atoms with Gasteiger partial charge in [-0.1, -0.05) is 13.0 Å². The lowest BCUT2D eigenvalue weighted by molar-refractivity contribution is -0.150. The number of ether oxygens (including phenoxy) is 2. The summed E-state index contributed by atoms with van der Waals surface area (Å²) < 4.78 is 25.3. The van der Waals surface area contributed by atoms with Crippen molar-refractivity contribution < 1.29 is 28.2 Å². The van der Waals surface area contributed by atoms with Gasteiger partial charge in [0, 0.05) is 18.7 Å². The first-order chi connectivity index (χ1) is 9.43. The third-order valence-electron chi connectivity index (χ3n) is 2.26. The average molecular weight is 306 g/mol. The fourth-order valence-corrected chi connectivity index (χ4v) is 1.68. The average Bonchev–Trinajstić information content (AvgIpc) is 2.37. The summed E-state index contributed by atoms with van der Waals surface area (Å²) in [6, 6.07) is 0. The van der Waals surface area contributed by atoms with Crippen LogP contribution < -0.4 is 0 Å². The van der Waals surface area contributed by atoms with Crippen molar-refractivity contribution in [3.63, 3.8) is 0 Å². The first-order valence-corrected chi connectivity index (χ1v) is 8.36. The Kier molecular flexibility index (Phi) is 11.0. The van der Waals surface area contributed by atoms with Crippen LogP contribution in [0.3, 0.4) is 0 Å². The van der Waals surface area contributed by atoms with Gasteiger partial charge in [-0.25, -0.2) is 4.79 Å². The molecule has 0 aromatic carbocycles. The van der Waals surface area contributed by atoms with Crippen LogP contribution in [-0.4, -0.2) is 38.4 Å². The third-order valence-corrected chi connectivity index (χ3v) is 2.87. The second kappa shape index (κ2) is 11.7. The molecule has 116 valence electrons. The number of carbonyl (C=O) groups is 2. The molecule has 0 fully saturated rings. The highest BCUT2D eigenvalue weighted by molar-refractivity contribution is 7.38. The van der Waals surface area contributed by atoms with Gasteiger partial charge in [0.1, 0.15) is 13.2 Å². The summed E-state index contributed by atoms with van der Waals surface area (Å²) in [6.45, 7) is 7.08. The maximum atomic E-state index is 11.3. The van der Waals surface area contributed by atoms with Crippen LogP contribution in [0.25, 0.3) is 0 Å². The quantitative estimate of drug-likeness (QED) is 0.252. The van der Waals surface area contributed by atoms with Gasteiger partial charge in [-0.15, -0.1) is 0 Å². The molecular formula is C13H23O6P. The van der Waals surface area contributed by atoms with Crippen molar-refractivity contribution in [2.45, 2.75) is 32.6 Å². The number of hydrogen-bond acceptors (Lipinski definition) is 6. The largest absolute Gasteiger partial charge is 0.462 e. The standard InChI is InChI=1S/C13H23O6P/c1-11(2)13(15)18-10-9-17-12(14)7-5-4-6-8-19-20(3)16/h20H,1,4-10H2,2-3H3. The molecule has 0 N–H and O–H groups in total. The molecule has 6 nitrogen and oxygen atoms in total. The Morgan fingerprint density at radius 2 is 1.70 bits per heavy atom. The molecule has 0 rings (SSSR count). The molecule has 1 unspecified atom stereocenters. The zero-order valence-electron chi connectivity index (χ0n) is 12.1. The molecule has 0 heterocycles. The number of esters is 2. The summed E-state index contributed by atoms with van der Waals surface area (Å²) in [5, 5.41) is 0. The van der Waals surface area contributed by atoms with Gasteiger partial charge in [-0.2, -0.15) is 0 Å². The number of unbranched alkanes of at least 4 members (excludes halogenated alkanes) is 2. The van der Waals surface area contributed by atoms with E-state index < -0.39 is 14.0 Å². The van der Waals surface area contributed by atoms with Crippen LogP contribution in [0.15, 0.2) is 12.2 Å². The first kappa shape index (κ1) is 18.9. The van der Waals surface area contributed by atoms with Crippen LogP contribution in [0.4, 0.5) is 0 Å². The van der Waals surface area contributed by atoms with Crippen molar-refractivity contribution in [2.24, 2.45) is 0 Å². The minimum Gasteiger partial charge on any atom is -0.462 e. The normalized spacial score (nSPS) is 11.7. The van der Waals surface area contributed by atoms with Gasteiger partial charge >= 0.3 is 11.9 Å². The molecule has 0 spiro atoms. The SMILES string of the molecule is C=C(C)C(=O)OCCOC(=O)CCCCCO[PH](C)=O. The molecule has 20 heavy (non-hydrogen) atoms. The van der Waals surface area contributed by atoms with Crippen molar-refractivity contribution >= 4 is 20.0 Å². The minimum atomic E-state index is -1.85. The number of hydrogen-bond donors (Lipinski definition) is 0.